The van der Waals surface area contributed by atoms with Crippen molar-refractivity contribution in [3.05, 3.63) is 59.2 Å². The first kappa shape index (κ1) is 17.5. The van der Waals surface area contributed by atoms with Crippen LogP contribution >= 0.6 is 0 Å². The van der Waals surface area contributed by atoms with Crippen molar-refractivity contribution in [2.24, 2.45) is 5.92 Å². The van der Waals surface area contributed by atoms with Crippen molar-refractivity contribution < 1.29 is 13.6 Å². The number of benzene rings is 2. The van der Waals surface area contributed by atoms with Crippen LogP contribution in [0.15, 0.2) is 36.4 Å². The van der Waals surface area contributed by atoms with Gasteiger partial charge in [0.25, 0.3) is 5.91 Å². The molecule has 0 radical (unpaired) electrons. The van der Waals surface area contributed by atoms with E-state index in [0.717, 1.165) is 13.0 Å². The van der Waals surface area contributed by atoms with Crippen LogP contribution in [0.5, 0.6) is 0 Å². The first-order valence-electron chi connectivity index (χ1n) is 8.49. The van der Waals surface area contributed by atoms with Crippen LogP contribution in [0.1, 0.15) is 22.3 Å². The Bertz CT molecular complexity index is 791. The zero-order chi connectivity index (χ0) is 18.0. The van der Waals surface area contributed by atoms with Gasteiger partial charge in [-0.15, -0.1) is 0 Å². The number of halogens is 2. The largest absolute Gasteiger partial charge is 0.338 e. The zero-order valence-corrected chi connectivity index (χ0v) is 14.5. The van der Waals surface area contributed by atoms with Crippen molar-refractivity contribution in [2.75, 3.05) is 26.7 Å². The smallest absolute Gasteiger partial charge is 0.253 e. The summed E-state index contributed by atoms with van der Waals surface area (Å²) in [7, 11) is 1.90. The van der Waals surface area contributed by atoms with Gasteiger partial charge in [0, 0.05) is 24.2 Å². The summed E-state index contributed by atoms with van der Waals surface area (Å²) in [6.45, 7) is 4.01. The van der Waals surface area contributed by atoms with Crippen LogP contribution in [0.3, 0.4) is 0 Å². The number of amides is 1. The Labute approximate surface area is 146 Å². The summed E-state index contributed by atoms with van der Waals surface area (Å²) in [5.74, 6) is -0.509. The number of likely N-dealkylation sites (tertiary alicyclic amines) is 1. The first-order valence-corrected chi connectivity index (χ1v) is 8.49. The molecule has 1 saturated heterocycles. The molecule has 1 aliphatic heterocycles. The fourth-order valence-corrected chi connectivity index (χ4v) is 3.45. The Hall–Kier alpha value is -2.27. The lowest BCUT2D eigenvalue weighted by molar-refractivity contribution is 0.0786. The minimum absolute atomic E-state index is 0.139. The van der Waals surface area contributed by atoms with Gasteiger partial charge >= 0.3 is 0 Å². The summed E-state index contributed by atoms with van der Waals surface area (Å²) in [6, 6.07) is 8.78. The second kappa shape index (κ2) is 7.31. The van der Waals surface area contributed by atoms with Crippen molar-refractivity contribution in [1.82, 2.24) is 10.2 Å². The SMILES string of the molecule is CNC[C@H]1CCN(C(=O)c2ccc(-c3ccc(F)cc3C)c(F)c2)C1. The molecular weight excluding hydrogens is 322 g/mol. The number of nitrogens with zero attached hydrogens (tertiary/aromatic N) is 1. The molecule has 0 bridgehead atoms. The van der Waals surface area contributed by atoms with E-state index in [4.69, 9.17) is 0 Å². The molecule has 132 valence electrons. The molecule has 3 rings (SSSR count). The average Bonchev–Trinajstić information content (AvgIpc) is 3.04. The molecule has 2 aromatic carbocycles. The third-order valence-corrected chi connectivity index (χ3v) is 4.76. The molecule has 5 heteroatoms. The van der Waals surface area contributed by atoms with Gasteiger partial charge in [0.05, 0.1) is 0 Å². The van der Waals surface area contributed by atoms with Crippen molar-refractivity contribution >= 4 is 5.91 Å². The van der Waals surface area contributed by atoms with Crippen LogP contribution < -0.4 is 5.32 Å². The number of carbonyl (C=O) groups is 1. The Morgan fingerprint density at radius 2 is 1.96 bits per heavy atom. The molecule has 25 heavy (non-hydrogen) atoms. The molecule has 1 N–H and O–H groups in total. The minimum Gasteiger partial charge on any atom is -0.338 e. The molecule has 0 aromatic heterocycles. The molecule has 1 heterocycles. The molecule has 2 aromatic rings. The van der Waals surface area contributed by atoms with E-state index in [2.05, 4.69) is 5.32 Å². The van der Waals surface area contributed by atoms with Gasteiger partial charge in [-0.3, -0.25) is 4.79 Å². The number of nitrogens with one attached hydrogen (secondary N) is 1. The molecule has 1 atom stereocenters. The number of hydrogen-bond acceptors (Lipinski definition) is 2. The van der Waals surface area contributed by atoms with Gasteiger partial charge in [0.15, 0.2) is 0 Å². The maximum absolute atomic E-state index is 14.6. The van der Waals surface area contributed by atoms with Gasteiger partial charge in [-0.05, 0) is 68.2 Å². The maximum Gasteiger partial charge on any atom is 0.253 e. The van der Waals surface area contributed by atoms with E-state index < -0.39 is 5.82 Å². The minimum atomic E-state index is -0.466. The monoisotopic (exact) mass is 344 g/mol. The van der Waals surface area contributed by atoms with E-state index in [0.29, 0.717) is 41.3 Å². The van der Waals surface area contributed by atoms with Gasteiger partial charge in [0.1, 0.15) is 11.6 Å². The van der Waals surface area contributed by atoms with Crippen LogP contribution in [0.4, 0.5) is 8.78 Å². The van der Waals surface area contributed by atoms with E-state index in [9.17, 15) is 13.6 Å². The molecule has 0 saturated carbocycles. The molecule has 3 nitrogen and oxygen atoms in total. The number of rotatable bonds is 4. The predicted octanol–water partition coefficient (Wildman–Crippen LogP) is 3.62. The topological polar surface area (TPSA) is 32.3 Å². The van der Waals surface area contributed by atoms with Crippen LogP contribution in [0.25, 0.3) is 11.1 Å². The Morgan fingerprint density at radius 1 is 1.20 bits per heavy atom. The zero-order valence-electron chi connectivity index (χ0n) is 14.5. The average molecular weight is 344 g/mol. The summed E-state index contributed by atoms with van der Waals surface area (Å²) >= 11 is 0. The molecule has 1 fully saturated rings. The lowest BCUT2D eigenvalue weighted by Gasteiger charge is -2.17. The van der Waals surface area contributed by atoms with Crippen molar-refractivity contribution in [3.8, 4) is 11.1 Å². The van der Waals surface area contributed by atoms with Gasteiger partial charge in [0.2, 0.25) is 0 Å². The predicted molar refractivity (Wildman–Crippen MR) is 94.5 cm³/mol. The van der Waals surface area contributed by atoms with E-state index in [-0.39, 0.29) is 11.7 Å². The highest BCUT2D eigenvalue weighted by atomic mass is 19.1. The van der Waals surface area contributed by atoms with Crippen molar-refractivity contribution in [3.63, 3.8) is 0 Å². The highest BCUT2D eigenvalue weighted by Gasteiger charge is 2.27. The highest BCUT2D eigenvalue weighted by molar-refractivity contribution is 5.95. The number of carbonyl (C=O) groups excluding carboxylic acids is 1. The molecule has 0 spiro atoms. The number of aryl methyl sites for hydroxylation is 1. The molecular formula is C20H22F2N2O. The lowest BCUT2D eigenvalue weighted by Crippen LogP contribution is -2.30. The van der Waals surface area contributed by atoms with Gasteiger partial charge < -0.3 is 10.2 Å². The molecule has 0 unspecified atom stereocenters. The maximum atomic E-state index is 14.6. The quantitative estimate of drug-likeness (QED) is 0.919. The Morgan fingerprint density at radius 3 is 2.64 bits per heavy atom. The van der Waals surface area contributed by atoms with Gasteiger partial charge in [-0.2, -0.15) is 0 Å². The highest BCUT2D eigenvalue weighted by Crippen LogP contribution is 2.28. The van der Waals surface area contributed by atoms with Gasteiger partial charge in [-0.25, -0.2) is 8.78 Å². The summed E-state index contributed by atoms with van der Waals surface area (Å²) in [5, 5.41) is 3.13. The van der Waals surface area contributed by atoms with Crippen molar-refractivity contribution in [1.29, 1.82) is 0 Å². The second-order valence-electron chi connectivity index (χ2n) is 6.62. The molecule has 1 amide bonds. The van der Waals surface area contributed by atoms with Crippen LogP contribution in [-0.2, 0) is 0 Å². The Balaban J connectivity index is 1.81. The third kappa shape index (κ3) is 3.71. The normalized spacial score (nSPS) is 17.1. The summed E-state index contributed by atoms with van der Waals surface area (Å²) in [6.07, 6.45) is 0.960. The molecule has 1 aliphatic rings. The van der Waals surface area contributed by atoms with Crippen LogP contribution in [0.2, 0.25) is 0 Å². The summed E-state index contributed by atoms with van der Waals surface area (Å²) in [4.78, 5) is 14.4. The van der Waals surface area contributed by atoms with Crippen molar-refractivity contribution in [2.45, 2.75) is 13.3 Å². The second-order valence-corrected chi connectivity index (χ2v) is 6.62. The third-order valence-electron chi connectivity index (χ3n) is 4.76. The number of hydrogen-bond donors (Lipinski definition) is 1. The summed E-state index contributed by atoms with van der Waals surface area (Å²) < 4.78 is 27.8. The van der Waals surface area contributed by atoms with E-state index in [1.54, 1.807) is 30.0 Å². The Kier molecular flexibility index (Phi) is 5.13. The van der Waals surface area contributed by atoms with Crippen LogP contribution in [-0.4, -0.2) is 37.5 Å². The molecule has 0 aliphatic carbocycles. The standard InChI is InChI=1S/C20H22F2N2O/c1-13-9-16(21)4-6-17(13)18-5-3-15(10-19(18)22)20(25)24-8-7-14(12-24)11-23-2/h3-6,9-10,14,23H,7-8,11-12H2,1-2H3/t14-/m1/s1. The van der Waals surface area contributed by atoms with E-state index >= 15 is 0 Å². The lowest BCUT2D eigenvalue weighted by atomic mass is 9.98. The van der Waals surface area contributed by atoms with E-state index in [1.807, 2.05) is 7.05 Å². The van der Waals surface area contributed by atoms with Gasteiger partial charge in [-0.1, -0.05) is 12.1 Å². The van der Waals surface area contributed by atoms with E-state index in [1.165, 1.54) is 18.2 Å². The fourth-order valence-electron chi connectivity index (χ4n) is 3.45. The fraction of sp³-hybridized carbons (Fsp3) is 0.350. The first-order chi connectivity index (χ1) is 12.0. The van der Waals surface area contributed by atoms with Crippen LogP contribution in [0, 0.1) is 24.5 Å². The summed E-state index contributed by atoms with van der Waals surface area (Å²) in [5.41, 5.74) is 2.02.